The Balaban J connectivity index is 1.93. The molecule has 32 nitrogen and oxygen atoms in total. The molecule has 0 aliphatic heterocycles. The molecule has 0 aliphatic carbocycles. The van der Waals surface area contributed by atoms with Crippen molar-refractivity contribution >= 4 is 95.5 Å². The van der Waals surface area contributed by atoms with E-state index >= 15 is 0 Å². The summed E-state index contributed by atoms with van der Waals surface area (Å²) in [5.41, 5.74) is -7.38. The molecule has 0 N–H and O–H groups in total. The van der Waals surface area contributed by atoms with E-state index in [-0.39, 0.29) is 44.6 Å². The van der Waals surface area contributed by atoms with E-state index in [4.69, 9.17) is 75.8 Å². The minimum absolute atomic E-state index is 0.0347. The lowest BCUT2D eigenvalue weighted by molar-refractivity contribution is -0.156. The van der Waals surface area contributed by atoms with E-state index in [1.54, 1.807) is 0 Å². The van der Waals surface area contributed by atoms with Crippen molar-refractivity contribution in [3.8, 4) is 0 Å². The molecule has 4 atom stereocenters. The Morgan fingerprint density at radius 3 is 0.496 bits per heavy atom. The summed E-state index contributed by atoms with van der Waals surface area (Å²) in [4.78, 5) is 215. The van der Waals surface area contributed by atoms with Gasteiger partial charge in [-0.05, 0) is 104 Å². The highest BCUT2D eigenvalue weighted by Gasteiger charge is 2.41. The van der Waals surface area contributed by atoms with Crippen molar-refractivity contribution < 1.29 is 153 Å². The summed E-state index contributed by atoms with van der Waals surface area (Å²) in [7, 11) is 0. The molecule has 0 heterocycles. The molecule has 4 unspecified atom stereocenters. The summed E-state index contributed by atoms with van der Waals surface area (Å²) in [6, 6.07) is 19.1. The summed E-state index contributed by atoms with van der Waals surface area (Å²) >= 11 is 0. The normalized spacial score (nSPS) is 12.0. The van der Waals surface area contributed by atoms with Gasteiger partial charge >= 0.3 is 95.5 Å². The average Bonchev–Trinajstić information content (AvgIpc) is 0.814. The largest absolute Gasteiger partial charge is 0.461 e. The van der Waals surface area contributed by atoms with Crippen LogP contribution in [0.5, 0.6) is 0 Å². The molecule has 0 aromatic heterocycles. The van der Waals surface area contributed by atoms with Crippen LogP contribution in [0.1, 0.15) is 138 Å². The zero-order chi connectivity index (χ0) is 84.4. The Morgan fingerprint density at radius 2 is 0.354 bits per heavy atom. The smallest absolute Gasteiger partial charge is 0.339 e. The lowest BCUT2D eigenvalue weighted by Gasteiger charge is -2.32. The predicted molar refractivity (Wildman–Crippen MR) is 392 cm³/mol. The highest BCUT2D eigenvalue weighted by Crippen LogP contribution is 2.28. The zero-order valence-corrected chi connectivity index (χ0v) is 63.3. The first kappa shape index (κ1) is 91.7. The number of esters is 16. The summed E-state index contributed by atoms with van der Waals surface area (Å²) in [6.07, 6.45) is -5.85. The molecule has 0 fully saturated rings. The van der Waals surface area contributed by atoms with Gasteiger partial charge in [-0.3, -0.25) is 0 Å². The molecule has 0 amide bonds. The van der Waals surface area contributed by atoms with Gasteiger partial charge in [-0.2, -0.15) is 0 Å². The van der Waals surface area contributed by atoms with Crippen molar-refractivity contribution in [2.75, 3.05) is 79.3 Å². The number of benzene rings is 4. The molecule has 0 bridgehead atoms. The Labute approximate surface area is 648 Å². The van der Waals surface area contributed by atoms with Crippen LogP contribution in [0.15, 0.2) is 194 Å². The lowest BCUT2D eigenvalue weighted by atomic mass is 9.91. The van der Waals surface area contributed by atoms with E-state index in [2.05, 4.69) is 52.6 Å². The molecular weight excluding hydrogens is 1480 g/mol. The van der Waals surface area contributed by atoms with Crippen LogP contribution in [0, 0.1) is 5.41 Å². The maximum Gasteiger partial charge on any atom is 0.339 e. The second-order valence-corrected chi connectivity index (χ2v) is 25.1. The molecule has 4 aromatic rings. The van der Waals surface area contributed by atoms with Crippen LogP contribution in [0.2, 0.25) is 0 Å². The third-order valence-corrected chi connectivity index (χ3v) is 14.6. The number of hydrogen-bond donors (Lipinski definition) is 0. The molecule has 4 rings (SSSR count). The van der Waals surface area contributed by atoms with Crippen molar-refractivity contribution in [2.24, 2.45) is 5.41 Å². The van der Waals surface area contributed by atoms with Crippen molar-refractivity contribution in [1.82, 2.24) is 0 Å². The van der Waals surface area contributed by atoms with Crippen LogP contribution in [-0.2, 0) is 114 Å². The molecule has 113 heavy (non-hydrogen) atoms. The van der Waals surface area contributed by atoms with Crippen molar-refractivity contribution in [3.05, 3.63) is 239 Å². The average molecular weight is 1570 g/mol. The molecule has 0 saturated carbocycles. The SMILES string of the molecule is C=C(C)C(=O)OCC(COC(=O)c1ccccc1C(=O)OCC(COC(=O)c1ccccc1C(=O)OCC(COC(=O)C(=C)C)OC(=O)C(=C)C)(COC(=O)c1ccccc1C(=O)OCC(COC(=O)C(=C)C)OC(=O)C(=C)C)COC(=O)c1ccccc1C(=O)OCC(COC(=O)C(=C)C)OC(=O)C(=C)C)OC(=O)C(=C)C. The summed E-state index contributed by atoms with van der Waals surface area (Å²) in [5, 5.41) is 0. The fraction of sp³-hybridized carbons (Fsp3) is 0.309. The van der Waals surface area contributed by atoms with E-state index in [9.17, 15) is 76.7 Å². The Kier molecular flexibility index (Phi) is 36.3. The van der Waals surface area contributed by atoms with Gasteiger partial charge in [0.25, 0.3) is 0 Å². The highest BCUT2D eigenvalue weighted by atomic mass is 16.6. The molecular formula is C81H84O32. The third-order valence-electron chi connectivity index (χ3n) is 14.6. The number of ether oxygens (including phenoxy) is 16. The van der Waals surface area contributed by atoms with Crippen LogP contribution < -0.4 is 0 Å². The molecule has 4 aromatic carbocycles. The molecule has 600 valence electrons. The summed E-state index contributed by atoms with van der Waals surface area (Å²) < 4.78 is 87.3. The van der Waals surface area contributed by atoms with Crippen LogP contribution in [0.25, 0.3) is 0 Å². The van der Waals surface area contributed by atoms with E-state index in [1.165, 1.54) is 104 Å². The van der Waals surface area contributed by atoms with Crippen LogP contribution in [0.3, 0.4) is 0 Å². The van der Waals surface area contributed by atoms with E-state index in [1.807, 2.05) is 0 Å². The van der Waals surface area contributed by atoms with Crippen molar-refractivity contribution in [2.45, 2.75) is 79.8 Å². The molecule has 0 saturated heterocycles. The summed E-state index contributed by atoms with van der Waals surface area (Å²) in [5.74, 6) is -18.2. The molecule has 0 radical (unpaired) electrons. The first-order valence-corrected chi connectivity index (χ1v) is 33.8. The van der Waals surface area contributed by atoms with Gasteiger partial charge < -0.3 is 75.8 Å². The third kappa shape index (κ3) is 30.0. The van der Waals surface area contributed by atoms with Gasteiger partial charge in [0.1, 0.15) is 84.7 Å². The Bertz CT molecular complexity index is 3870. The van der Waals surface area contributed by atoms with Crippen LogP contribution >= 0.6 is 0 Å². The second-order valence-electron chi connectivity index (χ2n) is 25.1. The molecule has 0 aliphatic rings. The first-order chi connectivity index (χ1) is 53.3. The first-order valence-electron chi connectivity index (χ1n) is 33.8. The van der Waals surface area contributed by atoms with Gasteiger partial charge in [0, 0.05) is 44.6 Å². The van der Waals surface area contributed by atoms with Gasteiger partial charge in [0.15, 0.2) is 24.4 Å². The number of carbonyl (C=O) groups is 16. The van der Waals surface area contributed by atoms with Gasteiger partial charge in [0.05, 0.1) is 44.5 Å². The Morgan fingerprint density at radius 1 is 0.221 bits per heavy atom. The highest BCUT2D eigenvalue weighted by molar-refractivity contribution is 6.06. The lowest BCUT2D eigenvalue weighted by Crippen LogP contribution is -2.44. The van der Waals surface area contributed by atoms with Gasteiger partial charge in [-0.15, -0.1) is 0 Å². The predicted octanol–water partition coefficient (Wildman–Crippen LogP) is 8.46. The van der Waals surface area contributed by atoms with E-state index in [0.29, 0.717) is 0 Å². The monoisotopic (exact) mass is 1570 g/mol. The van der Waals surface area contributed by atoms with E-state index < -0.39 is 249 Å². The standard InChI is InChI=1S/C81H84O32/c1-45(2)65(82)98-33-53(110-69(86)49(9)10)37-102-73(90)57-25-17-21-29-61(57)77(94)106-41-81(42-107-78(95)62-30-22-18-26-58(62)74(91)103-38-54(111-70(87)50(11)12)34-99-66(83)46(3)4,43-108-79(96)63-31-23-19-27-59(63)75(92)104-39-55(112-71(88)51(13)14)35-100-67(84)47(5)6)44-109-80(97)64-32-24-20-28-60(64)76(93)105-40-56(113-72(89)52(15)16)36-101-68(85)48(7)8/h17-32,53-56H,1,3,5,7,9,11,13,15,33-44H2,2,4,6,8,10,12,14,16H3. The Hall–Kier alpha value is -13.7. The number of rotatable bonds is 44. The maximum atomic E-state index is 14.7. The molecule has 32 heteroatoms. The minimum Gasteiger partial charge on any atom is -0.461 e. The van der Waals surface area contributed by atoms with Gasteiger partial charge in [-0.25, -0.2) is 76.7 Å². The maximum absolute atomic E-state index is 14.7. The number of carbonyl (C=O) groups excluding carboxylic acids is 16. The zero-order valence-electron chi connectivity index (χ0n) is 63.3. The van der Waals surface area contributed by atoms with Gasteiger partial charge in [0.2, 0.25) is 0 Å². The van der Waals surface area contributed by atoms with Crippen molar-refractivity contribution in [1.29, 1.82) is 0 Å². The van der Waals surface area contributed by atoms with Crippen LogP contribution in [-0.4, -0.2) is 199 Å². The fourth-order valence-electron chi connectivity index (χ4n) is 8.42. The van der Waals surface area contributed by atoms with Crippen LogP contribution in [0.4, 0.5) is 0 Å². The fourth-order valence-corrected chi connectivity index (χ4v) is 8.42. The topological polar surface area (TPSA) is 421 Å². The minimum atomic E-state index is -2.47. The molecule has 0 spiro atoms. The quantitative estimate of drug-likeness (QED) is 0.0227. The van der Waals surface area contributed by atoms with E-state index in [0.717, 1.165) is 48.5 Å². The second kappa shape index (κ2) is 44.7. The summed E-state index contributed by atoms with van der Waals surface area (Å²) in [6.45, 7) is 27.9. The number of hydrogen-bond acceptors (Lipinski definition) is 32. The van der Waals surface area contributed by atoms with Crippen molar-refractivity contribution in [3.63, 3.8) is 0 Å². The van der Waals surface area contributed by atoms with Gasteiger partial charge in [-0.1, -0.05) is 101 Å².